The molecule has 27 heavy (non-hydrogen) atoms. The highest BCUT2D eigenvalue weighted by Gasteiger charge is 2.34. The van der Waals surface area contributed by atoms with E-state index in [0.717, 1.165) is 20.1 Å². The Bertz CT molecular complexity index is 992. The van der Waals surface area contributed by atoms with Crippen LogP contribution in [0.15, 0.2) is 52.5 Å². The van der Waals surface area contributed by atoms with E-state index in [9.17, 15) is 21.6 Å². The van der Waals surface area contributed by atoms with Gasteiger partial charge >= 0.3 is 6.18 Å². The normalized spacial score (nSPS) is 15.6. The first kappa shape index (κ1) is 20.4. The third-order valence-corrected chi connectivity index (χ3v) is 6.72. The average molecular weight is 529 g/mol. The number of hydrogen-bond donors (Lipinski definition) is 0. The summed E-state index contributed by atoms with van der Waals surface area (Å²) < 4.78 is 66.6. The fourth-order valence-electron chi connectivity index (χ4n) is 2.64. The molecule has 2 aromatic rings. The molecule has 3 rings (SSSR count). The first-order valence-electron chi connectivity index (χ1n) is 7.82. The van der Waals surface area contributed by atoms with Gasteiger partial charge in [-0.25, -0.2) is 0 Å². The van der Waals surface area contributed by atoms with Gasteiger partial charge in [-0.3, -0.25) is 0 Å². The largest absolute Gasteiger partial charge is 0.417 e. The van der Waals surface area contributed by atoms with Crippen LogP contribution in [-0.4, -0.2) is 25.1 Å². The van der Waals surface area contributed by atoms with E-state index in [-0.39, 0.29) is 22.7 Å². The van der Waals surface area contributed by atoms with Crippen LogP contribution >= 0.6 is 34.2 Å². The topological polar surface area (TPSA) is 49.7 Å². The Morgan fingerprint density at radius 2 is 1.78 bits per heavy atom. The van der Waals surface area contributed by atoms with Crippen LogP contribution in [0.3, 0.4) is 0 Å². The molecular formula is C17H13ClF3IN2O2S. The summed E-state index contributed by atoms with van der Waals surface area (Å²) in [6.45, 7) is 0.164. The molecule has 0 fully saturated rings. The Morgan fingerprint density at radius 1 is 1.11 bits per heavy atom. The molecule has 1 aliphatic heterocycles. The first-order chi connectivity index (χ1) is 12.6. The Hall–Kier alpha value is -1.33. The van der Waals surface area contributed by atoms with Gasteiger partial charge in [0.05, 0.1) is 27.7 Å². The zero-order valence-corrected chi connectivity index (χ0v) is 17.4. The smallest absolute Gasteiger partial charge is 0.200 e. The van der Waals surface area contributed by atoms with Crippen molar-refractivity contribution < 1.29 is 21.6 Å². The van der Waals surface area contributed by atoms with Crippen LogP contribution < -0.4 is 0 Å². The number of hydrazone groups is 1. The van der Waals surface area contributed by atoms with Crippen LogP contribution in [0.5, 0.6) is 0 Å². The average Bonchev–Trinajstić information content (AvgIpc) is 2.61. The minimum Gasteiger partial charge on any atom is -0.200 e. The molecule has 0 saturated carbocycles. The predicted octanol–water partition coefficient (Wildman–Crippen LogP) is 5.15. The fourth-order valence-corrected chi connectivity index (χ4v) is 4.53. The highest BCUT2D eigenvalue weighted by atomic mass is 127. The second kappa shape index (κ2) is 7.59. The molecule has 4 nitrogen and oxygen atoms in total. The van der Waals surface area contributed by atoms with Crippen LogP contribution in [0.4, 0.5) is 13.2 Å². The minimum atomic E-state index is -4.60. The fraction of sp³-hybridized carbons (Fsp3) is 0.235. The number of rotatable bonds is 3. The van der Waals surface area contributed by atoms with Crippen LogP contribution in [0.2, 0.25) is 5.02 Å². The summed E-state index contributed by atoms with van der Waals surface area (Å²) >= 11 is 7.71. The third kappa shape index (κ3) is 4.40. The summed E-state index contributed by atoms with van der Waals surface area (Å²) in [5.74, 6) is 0. The second-order valence-corrected chi connectivity index (χ2v) is 9.34. The van der Waals surface area contributed by atoms with E-state index >= 15 is 0 Å². The molecule has 10 heteroatoms. The maximum atomic E-state index is 13.1. The number of nitrogens with zero attached hydrogens (tertiary/aromatic N) is 2. The highest BCUT2D eigenvalue weighted by molar-refractivity contribution is 14.1. The maximum Gasteiger partial charge on any atom is 0.417 e. The summed E-state index contributed by atoms with van der Waals surface area (Å²) in [6.07, 6.45) is -3.78. The zero-order chi connectivity index (χ0) is 19.8. The van der Waals surface area contributed by atoms with Crippen LogP contribution in [0.25, 0.3) is 0 Å². The first-order valence-corrected chi connectivity index (χ1v) is 10.7. The number of benzene rings is 2. The number of halogens is 5. The molecule has 1 heterocycles. The minimum absolute atomic E-state index is 0.0833. The van der Waals surface area contributed by atoms with E-state index in [1.54, 1.807) is 12.1 Å². The summed E-state index contributed by atoms with van der Waals surface area (Å²) in [6, 6.07) is 9.75. The molecule has 0 unspecified atom stereocenters. The zero-order valence-electron chi connectivity index (χ0n) is 13.7. The van der Waals surface area contributed by atoms with E-state index in [1.807, 2.05) is 0 Å². The van der Waals surface area contributed by atoms with E-state index in [4.69, 9.17) is 11.6 Å². The molecule has 0 bridgehead atoms. The molecule has 0 N–H and O–H groups in total. The Kier molecular flexibility index (Phi) is 5.74. The number of sulfonamides is 1. The van der Waals surface area contributed by atoms with E-state index < -0.39 is 26.8 Å². The number of alkyl halides is 3. The van der Waals surface area contributed by atoms with Crippen molar-refractivity contribution in [3.05, 3.63) is 62.2 Å². The monoisotopic (exact) mass is 528 g/mol. The SMILES string of the molecule is O=S(=O)(c1ccc(I)cc1)N1CCCC(c2ccc(Cl)c(C(F)(F)F)c2)=N1. The summed E-state index contributed by atoms with van der Waals surface area (Å²) in [7, 11) is -3.87. The molecular weight excluding hydrogens is 516 g/mol. The molecule has 144 valence electrons. The van der Waals surface area contributed by atoms with Crippen LogP contribution in [0.1, 0.15) is 24.0 Å². The summed E-state index contributed by atoms with van der Waals surface area (Å²) in [4.78, 5) is 0.0833. The van der Waals surface area contributed by atoms with Crippen molar-refractivity contribution in [2.75, 3.05) is 6.54 Å². The molecule has 0 aromatic heterocycles. The van der Waals surface area contributed by atoms with Crippen molar-refractivity contribution in [1.82, 2.24) is 4.41 Å². The number of hydrogen-bond acceptors (Lipinski definition) is 3. The van der Waals surface area contributed by atoms with Gasteiger partial charge < -0.3 is 0 Å². The molecule has 0 saturated heterocycles. The second-order valence-electron chi connectivity index (χ2n) is 5.85. The van der Waals surface area contributed by atoms with Gasteiger partial charge in [-0.2, -0.15) is 31.1 Å². The summed E-state index contributed by atoms with van der Waals surface area (Å²) in [5, 5.41) is 3.71. The maximum absolute atomic E-state index is 13.1. The molecule has 2 aromatic carbocycles. The van der Waals surface area contributed by atoms with Gasteiger partial charge in [-0.15, -0.1) is 0 Å². The molecule has 0 aliphatic carbocycles. The van der Waals surface area contributed by atoms with Crippen molar-refractivity contribution in [3.63, 3.8) is 0 Å². The lowest BCUT2D eigenvalue weighted by atomic mass is 10.0. The third-order valence-electron chi connectivity index (χ3n) is 3.99. The van der Waals surface area contributed by atoms with Crippen molar-refractivity contribution in [3.8, 4) is 0 Å². The van der Waals surface area contributed by atoms with E-state index in [1.165, 1.54) is 18.2 Å². The Balaban J connectivity index is 1.99. The lowest BCUT2D eigenvalue weighted by molar-refractivity contribution is -0.137. The van der Waals surface area contributed by atoms with Crippen LogP contribution in [0, 0.1) is 3.57 Å². The van der Waals surface area contributed by atoms with Crippen LogP contribution in [-0.2, 0) is 16.2 Å². The van der Waals surface area contributed by atoms with Crippen molar-refractivity contribution in [1.29, 1.82) is 0 Å². The molecule has 0 radical (unpaired) electrons. The molecule has 1 aliphatic rings. The van der Waals surface area contributed by atoms with E-state index in [0.29, 0.717) is 12.8 Å². The van der Waals surface area contributed by atoms with Gasteiger partial charge in [0.15, 0.2) is 0 Å². The lowest BCUT2D eigenvalue weighted by Gasteiger charge is -2.25. The van der Waals surface area contributed by atoms with Crippen molar-refractivity contribution >= 4 is 49.9 Å². The molecule has 0 amide bonds. The quantitative estimate of drug-likeness (QED) is 0.518. The van der Waals surface area contributed by atoms with Crippen molar-refractivity contribution in [2.24, 2.45) is 5.10 Å². The van der Waals surface area contributed by atoms with Gasteiger partial charge in [0.2, 0.25) is 0 Å². The van der Waals surface area contributed by atoms with Gasteiger partial charge in [0, 0.05) is 3.57 Å². The predicted molar refractivity (Wildman–Crippen MR) is 105 cm³/mol. The van der Waals surface area contributed by atoms with E-state index in [2.05, 4.69) is 27.7 Å². The van der Waals surface area contributed by atoms with Crippen molar-refractivity contribution in [2.45, 2.75) is 23.9 Å². The van der Waals surface area contributed by atoms with Gasteiger partial charge in [0.25, 0.3) is 10.0 Å². The van der Waals surface area contributed by atoms with Gasteiger partial charge in [0.1, 0.15) is 0 Å². The molecule has 0 spiro atoms. The Morgan fingerprint density at radius 3 is 2.41 bits per heavy atom. The lowest BCUT2D eigenvalue weighted by Crippen LogP contribution is -2.32. The Labute approximate surface area is 173 Å². The standard InChI is InChI=1S/C17H13ClF3IN2O2S/c18-15-8-3-11(10-14(15)17(19,20)21)16-2-1-9-24(23-16)27(25,26)13-6-4-12(22)5-7-13/h3-8,10H,1-2,9H2. The summed E-state index contributed by atoms with van der Waals surface area (Å²) in [5.41, 5.74) is -0.492. The highest BCUT2D eigenvalue weighted by Crippen LogP contribution is 2.35. The molecule has 0 atom stereocenters. The van der Waals surface area contributed by atoms with Gasteiger partial charge in [-0.1, -0.05) is 17.7 Å². The van der Waals surface area contributed by atoms with Gasteiger partial charge in [-0.05, 0) is 77.4 Å².